The molecule has 0 aliphatic rings. The fourth-order valence-corrected chi connectivity index (χ4v) is 2.25. The Bertz CT molecular complexity index is 315. The van der Waals surface area contributed by atoms with E-state index in [4.69, 9.17) is 0 Å². The van der Waals surface area contributed by atoms with Gasteiger partial charge >= 0.3 is 0 Å². The van der Waals surface area contributed by atoms with Crippen LogP contribution in [0.25, 0.3) is 0 Å². The predicted molar refractivity (Wildman–Crippen MR) is 66.3 cm³/mol. The molecule has 0 saturated carbocycles. The molecule has 16 heavy (non-hydrogen) atoms. The number of nitrogens with zero attached hydrogens (tertiary/aromatic N) is 2. The second-order valence-electron chi connectivity index (χ2n) is 5.43. The second-order valence-corrected chi connectivity index (χ2v) is 5.43. The van der Waals surface area contributed by atoms with Crippen molar-refractivity contribution in [3.8, 4) is 0 Å². The fraction of sp³-hybridized carbons (Fsp3) is 0.769. The normalized spacial score (nSPS) is 14.1. The summed E-state index contributed by atoms with van der Waals surface area (Å²) >= 11 is 0. The molecule has 1 N–H and O–H groups in total. The highest BCUT2D eigenvalue weighted by Crippen LogP contribution is 2.26. The number of aliphatic hydroxyl groups is 1. The van der Waals surface area contributed by atoms with E-state index in [1.165, 1.54) is 0 Å². The molecule has 0 spiro atoms. The Hall–Kier alpha value is -0.830. The van der Waals surface area contributed by atoms with E-state index >= 15 is 0 Å². The first-order valence-corrected chi connectivity index (χ1v) is 6.12. The molecule has 0 fully saturated rings. The molecule has 3 nitrogen and oxygen atoms in total. The minimum Gasteiger partial charge on any atom is -0.393 e. The van der Waals surface area contributed by atoms with Gasteiger partial charge in [0.1, 0.15) is 5.82 Å². The van der Waals surface area contributed by atoms with Gasteiger partial charge in [0.05, 0.1) is 6.10 Å². The first-order valence-electron chi connectivity index (χ1n) is 6.12. The van der Waals surface area contributed by atoms with Crippen molar-refractivity contribution >= 4 is 0 Å². The molecule has 0 bridgehead atoms. The summed E-state index contributed by atoms with van der Waals surface area (Å²) in [5.74, 6) is 1.13. The Kier molecular flexibility index (Phi) is 4.54. The summed E-state index contributed by atoms with van der Waals surface area (Å²) in [5, 5.41) is 9.46. The third-order valence-electron chi connectivity index (χ3n) is 2.75. The van der Waals surface area contributed by atoms with E-state index < -0.39 is 0 Å². The van der Waals surface area contributed by atoms with Crippen LogP contribution in [-0.4, -0.2) is 20.8 Å². The number of aliphatic hydroxyl groups excluding tert-OH is 1. The molecule has 1 aromatic heterocycles. The maximum absolute atomic E-state index is 9.46. The van der Waals surface area contributed by atoms with Gasteiger partial charge in [-0.05, 0) is 25.2 Å². The summed E-state index contributed by atoms with van der Waals surface area (Å²) in [7, 11) is 0. The van der Waals surface area contributed by atoms with Crippen LogP contribution < -0.4 is 0 Å². The number of hydrogen-bond acceptors (Lipinski definition) is 2. The topological polar surface area (TPSA) is 38.0 Å². The highest BCUT2D eigenvalue weighted by Gasteiger charge is 2.22. The van der Waals surface area contributed by atoms with Crippen molar-refractivity contribution in [2.75, 3.05) is 0 Å². The third kappa shape index (κ3) is 3.97. The van der Waals surface area contributed by atoms with Crippen LogP contribution in [0.4, 0.5) is 0 Å². The minimum atomic E-state index is -0.246. The number of rotatable bonds is 6. The average molecular weight is 224 g/mol. The lowest BCUT2D eigenvalue weighted by atomic mass is 9.83. The van der Waals surface area contributed by atoms with Crippen LogP contribution in [-0.2, 0) is 13.0 Å². The summed E-state index contributed by atoms with van der Waals surface area (Å²) in [6.45, 7) is 9.42. The first-order chi connectivity index (χ1) is 7.44. The molecule has 1 unspecified atom stereocenters. The Morgan fingerprint density at radius 1 is 1.50 bits per heavy atom. The molecule has 0 amide bonds. The molecule has 0 saturated heterocycles. The van der Waals surface area contributed by atoms with E-state index in [1.807, 2.05) is 19.3 Å². The monoisotopic (exact) mass is 224 g/mol. The van der Waals surface area contributed by atoms with Gasteiger partial charge in [-0.1, -0.05) is 20.8 Å². The van der Waals surface area contributed by atoms with Gasteiger partial charge in [-0.15, -0.1) is 0 Å². The summed E-state index contributed by atoms with van der Waals surface area (Å²) in [5.41, 5.74) is 0.102. The van der Waals surface area contributed by atoms with Crippen molar-refractivity contribution in [1.82, 2.24) is 9.55 Å². The molecular formula is C13H24N2O. The lowest BCUT2D eigenvalue weighted by Crippen LogP contribution is -2.23. The molecule has 1 aromatic rings. The summed E-state index contributed by atoms with van der Waals surface area (Å²) in [4.78, 5) is 4.41. The highest BCUT2D eigenvalue weighted by atomic mass is 16.3. The molecule has 0 aliphatic heterocycles. The average Bonchev–Trinajstić information content (AvgIpc) is 2.50. The molecule has 1 heterocycles. The zero-order valence-corrected chi connectivity index (χ0v) is 10.9. The zero-order valence-electron chi connectivity index (χ0n) is 10.9. The van der Waals surface area contributed by atoms with Gasteiger partial charge in [0.15, 0.2) is 0 Å². The lowest BCUT2D eigenvalue weighted by Gasteiger charge is -2.26. The number of hydrogen-bond donors (Lipinski definition) is 1. The molecular weight excluding hydrogens is 200 g/mol. The quantitative estimate of drug-likeness (QED) is 0.806. The fourth-order valence-electron chi connectivity index (χ4n) is 2.25. The van der Waals surface area contributed by atoms with Crippen LogP contribution in [0.15, 0.2) is 12.4 Å². The van der Waals surface area contributed by atoms with Crippen molar-refractivity contribution in [3.63, 3.8) is 0 Å². The SMILES string of the molecule is CCCn1ccnc1CC(C)(C)CC(C)O. The predicted octanol–water partition coefficient (Wildman–Crippen LogP) is 2.63. The third-order valence-corrected chi connectivity index (χ3v) is 2.75. The molecule has 1 rings (SSSR count). The zero-order chi connectivity index (χ0) is 12.2. The van der Waals surface area contributed by atoms with Gasteiger partial charge in [0.2, 0.25) is 0 Å². The minimum absolute atomic E-state index is 0.102. The van der Waals surface area contributed by atoms with E-state index in [1.54, 1.807) is 0 Å². The van der Waals surface area contributed by atoms with E-state index in [9.17, 15) is 5.11 Å². The van der Waals surface area contributed by atoms with Crippen LogP contribution in [0, 0.1) is 5.41 Å². The van der Waals surface area contributed by atoms with E-state index in [2.05, 4.69) is 30.3 Å². The summed E-state index contributed by atoms with van der Waals surface area (Å²) in [6, 6.07) is 0. The summed E-state index contributed by atoms with van der Waals surface area (Å²) < 4.78 is 2.21. The van der Waals surface area contributed by atoms with Gasteiger partial charge < -0.3 is 9.67 Å². The largest absolute Gasteiger partial charge is 0.393 e. The Morgan fingerprint density at radius 2 is 2.19 bits per heavy atom. The van der Waals surface area contributed by atoms with E-state index in [-0.39, 0.29) is 11.5 Å². The first kappa shape index (κ1) is 13.2. The lowest BCUT2D eigenvalue weighted by molar-refractivity contribution is 0.128. The number of aryl methyl sites for hydroxylation is 1. The van der Waals surface area contributed by atoms with E-state index in [0.717, 1.165) is 31.6 Å². The van der Waals surface area contributed by atoms with Gasteiger partial charge in [-0.25, -0.2) is 4.98 Å². The number of imidazole rings is 1. The number of aromatic nitrogens is 2. The van der Waals surface area contributed by atoms with Crippen molar-refractivity contribution in [2.45, 2.75) is 59.6 Å². The van der Waals surface area contributed by atoms with Crippen LogP contribution >= 0.6 is 0 Å². The maximum Gasteiger partial charge on any atom is 0.109 e. The second kappa shape index (κ2) is 5.48. The Labute approximate surface area is 98.5 Å². The Morgan fingerprint density at radius 3 is 2.75 bits per heavy atom. The van der Waals surface area contributed by atoms with Gasteiger partial charge in [0, 0.05) is 25.4 Å². The van der Waals surface area contributed by atoms with Crippen LogP contribution in [0.2, 0.25) is 0 Å². The standard InChI is InChI=1S/C13H24N2O/c1-5-7-15-8-6-14-12(15)10-13(3,4)9-11(2)16/h6,8,11,16H,5,7,9-10H2,1-4H3. The molecule has 0 aliphatic carbocycles. The molecule has 92 valence electrons. The van der Waals surface area contributed by atoms with Crippen molar-refractivity contribution in [1.29, 1.82) is 0 Å². The molecule has 0 aromatic carbocycles. The van der Waals surface area contributed by atoms with Crippen molar-refractivity contribution in [3.05, 3.63) is 18.2 Å². The van der Waals surface area contributed by atoms with Gasteiger partial charge in [0.25, 0.3) is 0 Å². The van der Waals surface area contributed by atoms with Crippen LogP contribution in [0.5, 0.6) is 0 Å². The van der Waals surface area contributed by atoms with Gasteiger partial charge in [-0.3, -0.25) is 0 Å². The molecule has 0 radical (unpaired) electrons. The molecule has 3 heteroatoms. The maximum atomic E-state index is 9.46. The van der Waals surface area contributed by atoms with Crippen molar-refractivity contribution < 1.29 is 5.11 Å². The van der Waals surface area contributed by atoms with Gasteiger partial charge in [-0.2, -0.15) is 0 Å². The van der Waals surface area contributed by atoms with Crippen LogP contribution in [0.3, 0.4) is 0 Å². The smallest absolute Gasteiger partial charge is 0.109 e. The van der Waals surface area contributed by atoms with E-state index in [0.29, 0.717) is 0 Å². The van der Waals surface area contributed by atoms with Crippen LogP contribution in [0.1, 0.15) is 46.4 Å². The van der Waals surface area contributed by atoms with Crippen molar-refractivity contribution in [2.24, 2.45) is 5.41 Å². The Balaban J connectivity index is 2.67. The highest BCUT2D eigenvalue weighted by molar-refractivity contribution is 4.96. The molecule has 1 atom stereocenters. The summed E-state index contributed by atoms with van der Waals surface area (Å²) in [6.07, 6.45) is 6.52.